The highest BCUT2D eigenvalue weighted by Crippen LogP contribution is 2.43. The Bertz CT molecular complexity index is 3910. The summed E-state index contributed by atoms with van der Waals surface area (Å²) in [7, 11) is 0. The summed E-state index contributed by atoms with van der Waals surface area (Å²) >= 11 is 3.50. The van der Waals surface area contributed by atoms with Crippen LogP contribution in [0.5, 0.6) is 0 Å². The summed E-state index contributed by atoms with van der Waals surface area (Å²) in [5, 5.41) is 5.79. The highest BCUT2D eigenvalue weighted by atomic mass is 32.1. The number of hydrogen-bond acceptors (Lipinski definition) is 7. The van der Waals surface area contributed by atoms with Crippen molar-refractivity contribution in [2.45, 2.75) is 0 Å². The molecule has 0 aliphatic heterocycles. The van der Waals surface area contributed by atoms with Crippen LogP contribution in [0.1, 0.15) is 0 Å². The molecule has 0 amide bonds. The fourth-order valence-electron chi connectivity index (χ4n) is 8.93. The van der Waals surface area contributed by atoms with Crippen LogP contribution in [0, 0.1) is 0 Å². The fourth-order valence-corrected chi connectivity index (χ4v) is 11.3. The van der Waals surface area contributed by atoms with E-state index < -0.39 is 0 Å². The maximum Gasteiger partial charge on any atom is 0.165 e. The van der Waals surface area contributed by atoms with E-state index >= 15 is 0 Å². The Morgan fingerprint density at radius 3 is 1.76 bits per heavy atom. The number of nitrogens with zero attached hydrogens (tertiary/aromatic N) is 6. The molecule has 0 spiro atoms. The molecule has 0 unspecified atom stereocenters. The molecule has 63 heavy (non-hydrogen) atoms. The van der Waals surface area contributed by atoms with Crippen LogP contribution in [0.3, 0.4) is 0 Å². The van der Waals surface area contributed by atoms with Crippen LogP contribution in [0.4, 0.5) is 0 Å². The van der Waals surface area contributed by atoms with Crippen LogP contribution in [0.2, 0.25) is 0 Å². The number of rotatable bonds is 6. The summed E-state index contributed by atoms with van der Waals surface area (Å²) in [5.74, 6) is 2.60. The Labute approximate surface area is 369 Å². The van der Waals surface area contributed by atoms with Crippen molar-refractivity contribution in [3.63, 3.8) is 0 Å². The van der Waals surface area contributed by atoms with Gasteiger partial charge in [-0.2, -0.15) is 0 Å². The molecule has 5 heterocycles. The second-order valence-corrected chi connectivity index (χ2v) is 17.7. The first-order valence-corrected chi connectivity index (χ1v) is 22.5. The van der Waals surface area contributed by atoms with E-state index in [4.69, 9.17) is 24.9 Å². The van der Waals surface area contributed by atoms with Gasteiger partial charge in [0.25, 0.3) is 0 Å². The maximum absolute atomic E-state index is 5.28. The molecule has 0 aliphatic carbocycles. The van der Waals surface area contributed by atoms with Crippen molar-refractivity contribution in [3.05, 3.63) is 194 Å². The molecule has 0 atom stereocenters. The lowest BCUT2D eigenvalue weighted by molar-refractivity contribution is 1.08. The van der Waals surface area contributed by atoms with E-state index in [1.165, 1.54) is 15.5 Å². The highest BCUT2D eigenvalue weighted by molar-refractivity contribution is 7.26. The molecule has 294 valence electrons. The van der Waals surface area contributed by atoms with Gasteiger partial charge in [-0.1, -0.05) is 140 Å². The van der Waals surface area contributed by atoms with Crippen molar-refractivity contribution >= 4 is 85.0 Å². The lowest BCUT2D eigenvalue weighted by atomic mass is 10.1. The van der Waals surface area contributed by atoms with E-state index in [2.05, 4.69) is 174 Å². The van der Waals surface area contributed by atoms with Gasteiger partial charge in [0.2, 0.25) is 0 Å². The first-order valence-electron chi connectivity index (χ1n) is 20.8. The van der Waals surface area contributed by atoms with Gasteiger partial charge >= 0.3 is 0 Å². The van der Waals surface area contributed by atoms with E-state index in [0.29, 0.717) is 23.3 Å². The number of thiophene rings is 2. The molecule has 0 saturated carbocycles. The Morgan fingerprint density at radius 1 is 0.333 bits per heavy atom. The largest absolute Gasteiger partial charge is 0.309 e. The third-order valence-corrected chi connectivity index (χ3v) is 14.2. The molecule has 5 aromatic heterocycles. The standard InChI is InChI=1S/C55H32N6S2/c1-4-15-33(16-5-1)48-51-49(41-22-11-13-26-46(41)62-51)57-53(56-48)36-27-29-39-40-23-14-24-42(50(40)63-47(39)32-36)55-59-52(34-17-6-2-7-18-34)58-54(60-55)35-28-30-45-43(31-35)38-21-10-12-25-44(38)61(45)37-19-8-3-9-20-37/h1-32H. The van der Waals surface area contributed by atoms with E-state index in [9.17, 15) is 0 Å². The number of fused-ring (bicyclic) bond motifs is 9. The molecule has 0 radical (unpaired) electrons. The van der Waals surface area contributed by atoms with Crippen molar-refractivity contribution in [1.29, 1.82) is 0 Å². The van der Waals surface area contributed by atoms with Crippen molar-refractivity contribution in [3.8, 4) is 62.5 Å². The lowest BCUT2D eigenvalue weighted by Gasteiger charge is -2.10. The van der Waals surface area contributed by atoms with E-state index in [1.54, 1.807) is 22.7 Å². The van der Waals surface area contributed by atoms with Crippen LogP contribution in [-0.2, 0) is 0 Å². The van der Waals surface area contributed by atoms with Crippen LogP contribution >= 0.6 is 22.7 Å². The van der Waals surface area contributed by atoms with Gasteiger partial charge in [0, 0.05) is 74.5 Å². The minimum Gasteiger partial charge on any atom is -0.309 e. The summed E-state index contributed by atoms with van der Waals surface area (Å²) in [4.78, 5) is 26.1. The van der Waals surface area contributed by atoms with Crippen LogP contribution in [0.25, 0.3) is 125 Å². The number of benzene rings is 8. The molecule has 0 fully saturated rings. The second-order valence-electron chi connectivity index (χ2n) is 15.6. The zero-order valence-corrected chi connectivity index (χ0v) is 35.1. The van der Waals surface area contributed by atoms with Crippen molar-refractivity contribution in [1.82, 2.24) is 29.5 Å². The predicted molar refractivity (Wildman–Crippen MR) is 263 cm³/mol. The first kappa shape index (κ1) is 35.8. The van der Waals surface area contributed by atoms with Crippen molar-refractivity contribution in [2.24, 2.45) is 0 Å². The summed E-state index contributed by atoms with van der Waals surface area (Å²) < 4.78 is 6.90. The second kappa shape index (κ2) is 14.3. The number of aromatic nitrogens is 6. The normalized spacial score (nSPS) is 11.8. The maximum atomic E-state index is 5.28. The molecule has 0 bridgehead atoms. The Hall–Kier alpha value is -7.91. The van der Waals surface area contributed by atoms with Gasteiger partial charge in [0.1, 0.15) is 0 Å². The van der Waals surface area contributed by atoms with Gasteiger partial charge in [0.05, 0.1) is 26.9 Å². The van der Waals surface area contributed by atoms with E-state index in [1.807, 2.05) is 24.3 Å². The minimum atomic E-state index is 0.625. The molecule has 8 aromatic carbocycles. The molecular formula is C55H32N6S2. The molecule has 0 N–H and O–H groups in total. The molecule has 0 saturated heterocycles. The molecule has 8 heteroatoms. The third kappa shape index (κ3) is 5.87. The summed E-state index contributed by atoms with van der Waals surface area (Å²) in [6, 6.07) is 67.8. The molecule has 13 rings (SSSR count). The SMILES string of the molecule is c1ccc(-c2nc(-c3ccc4c(c3)c3ccccc3n4-c3ccccc3)nc(-c3cccc4c3sc3cc(-c5nc(-c6ccccc6)c6sc7ccccc7c6n5)ccc34)n2)cc1. The van der Waals surface area contributed by atoms with Crippen molar-refractivity contribution < 1.29 is 0 Å². The van der Waals surface area contributed by atoms with Crippen molar-refractivity contribution in [2.75, 3.05) is 0 Å². The van der Waals surface area contributed by atoms with Crippen LogP contribution in [-0.4, -0.2) is 29.5 Å². The fraction of sp³-hybridized carbons (Fsp3) is 0. The number of para-hydroxylation sites is 2. The highest BCUT2D eigenvalue weighted by Gasteiger charge is 2.21. The van der Waals surface area contributed by atoms with Gasteiger partial charge in [-0.05, 0) is 54.6 Å². The van der Waals surface area contributed by atoms with Gasteiger partial charge < -0.3 is 4.57 Å². The quantitative estimate of drug-likeness (QED) is 0.167. The predicted octanol–water partition coefficient (Wildman–Crippen LogP) is 14.8. The Morgan fingerprint density at radius 2 is 0.937 bits per heavy atom. The van der Waals surface area contributed by atoms with Gasteiger partial charge in [-0.15, -0.1) is 22.7 Å². The third-order valence-electron chi connectivity index (χ3n) is 11.9. The minimum absolute atomic E-state index is 0.625. The topological polar surface area (TPSA) is 69.4 Å². The zero-order valence-electron chi connectivity index (χ0n) is 33.5. The molecule has 6 nitrogen and oxygen atoms in total. The number of hydrogen-bond donors (Lipinski definition) is 0. The lowest BCUT2D eigenvalue weighted by Crippen LogP contribution is -2.00. The van der Waals surface area contributed by atoms with E-state index in [-0.39, 0.29) is 0 Å². The van der Waals surface area contributed by atoms with Gasteiger partial charge in [-0.25, -0.2) is 24.9 Å². The average molecular weight is 841 g/mol. The monoisotopic (exact) mass is 840 g/mol. The summed E-state index contributed by atoms with van der Waals surface area (Å²) in [6.45, 7) is 0. The van der Waals surface area contributed by atoms with Crippen LogP contribution in [0.15, 0.2) is 194 Å². The Kier molecular flexibility index (Phi) is 8.15. The smallest absolute Gasteiger partial charge is 0.165 e. The Balaban J connectivity index is 0.974. The first-order chi connectivity index (χ1) is 31.2. The van der Waals surface area contributed by atoms with Gasteiger partial charge in [0.15, 0.2) is 23.3 Å². The molecule has 0 aliphatic rings. The summed E-state index contributed by atoms with van der Waals surface area (Å²) in [5.41, 5.74) is 10.2. The molecular weight excluding hydrogens is 809 g/mol. The van der Waals surface area contributed by atoms with Crippen LogP contribution < -0.4 is 0 Å². The zero-order chi connectivity index (χ0) is 41.4. The van der Waals surface area contributed by atoms with E-state index in [0.717, 1.165) is 86.0 Å². The summed E-state index contributed by atoms with van der Waals surface area (Å²) in [6.07, 6.45) is 0. The molecule has 13 aromatic rings. The average Bonchev–Trinajstić information content (AvgIpc) is 4.03. The van der Waals surface area contributed by atoms with Gasteiger partial charge in [-0.3, -0.25) is 0 Å².